The van der Waals surface area contributed by atoms with Crippen LogP contribution in [0.1, 0.15) is 38.2 Å². The second-order valence-corrected chi connectivity index (χ2v) is 5.63. The largest absolute Gasteiger partial charge is 0.462 e. The molecule has 0 aliphatic carbocycles. The summed E-state index contributed by atoms with van der Waals surface area (Å²) in [6, 6.07) is 3.58. The third kappa shape index (κ3) is 3.26. The monoisotopic (exact) mass is 263 g/mol. The summed E-state index contributed by atoms with van der Waals surface area (Å²) in [5.74, 6) is 1.42. The zero-order chi connectivity index (χ0) is 14.0. The van der Waals surface area contributed by atoms with E-state index in [1.165, 1.54) is 6.08 Å². The molecule has 1 aromatic rings. The minimum atomic E-state index is -0.860. The van der Waals surface area contributed by atoms with Gasteiger partial charge in [0.2, 0.25) is 5.91 Å². The lowest BCUT2D eigenvalue weighted by Gasteiger charge is -2.33. The van der Waals surface area contributed by atoms with Crippen LogP contribution in [0.2, 0.25) is 0 Å². The zero-order valence-electron chi connectivity index (χ0n) is 11.7. The van der Waals surface area contributed by atoms with E-state index in [0.717, 1.165) is 18.6 Å². The molecule has 4 nitrogen and oxygen atoms in total. The van der Waals surface area contributed by atoms with Gasteiger partial charge in [0, 0.05) is 12.6 Å². The molecule has 1 atom stereocenters. The number of furan rings is 1. The van der Waals surface area contributed by atoms with E-state index in [2.05, 4.69) is 0 Å². The molecule has 1 amide bonds. The molecule has 2 rings (SSSR count). The molecule has 1 aliphatic heterocycles. The summed E-state index contributed by atoms with van der Waals surface area (Å²) >= 11 is 0. The number of rotatable bonds is 3. The number of amides is 1. The summed E-state index contributed by atoms with van der Waals surface area (Å²) in [6.07, 6.45) is 4.98. The van der Waals surface area contributed by atoms with Crippen molar-refractivity contribution < 1.29 is 14.3 Å². The van der Waals surface area contributed by atoms with Gasteiger partial charge in [0.25, 0.3) is 0 Å². The molecular formula is C15H21NO3. The third-order valence-electron chi connectivity index (χ3n) is 3.50. The molecule has 0 bridgehead atoms. The molecule has 0 spiro atoms. The molecule has 4 heteroatoms. The topological polar surface area (TPSA) is 53.7 Å². The zero-order valence-corrected chi connectivity index (χ0v) is 11.7. The van der Waals surface area contributed by atoms with Crippen LogP contribution in [0.5, 0.6) is 0 Å². The molecule has 1 saturated heterocycles. The molecule has 2 heterocycles. The van der Waals surface area contributed by atoms with Crippen LogP contribution < -0.4 is 0 Å². The van der Waals surface area contributed by atoms with Gasteiger partial charge >= 0.3 is 0 Å². The Bertz CT molecular complexity index is 482. The van der Waals surface area contributed by atoms with E-state index in [1.54, 1.807) is 24.8 Å². The number of carbonyl (C=O) groups is 1. The maximum absolute atomic E-state index is 12.2. The molecule has 104 valence electrons. The van der Waals surface area contributed by atoms with Crippen LogP contribution in [0.4, 0.5) is 0 Å². The number of likely N-dealkylation sites (tertiary alicyclic amines) is 1. The molecule has 0 radical (unpaired) electrons. The quantitative estimate of drug-likeness (QED) is 0.852. The molecule has 1 unspecified atom stereocenters. The average molecular weight is 263 g/mol. The van der Waals surface area contributed by atoms with Crippen molar-refractivity contribution >= 4 is 12.0 Å². The first-order valence-electron chi connectivity index (χ1n) is 6.65. The fraction of sp³-hybridized carbons (Fsp3) is 0.533. The minimum absolute atomic E-state index is 0.0707. The standard InChI is InChI=1S/C15H21NO3/c1-11-6-7-12(19-11)8-9-14(17)16-10-4-5-13(16)15(2,3)18/h6-9,13,18H,4-5,10H2,1-3H3/b9-8+. The summed E-state index contributed by atoms with van der Waals surface area (Å²) < 4.78 is 5.38. The molecule has 1 N–H and O–H groups in total. The molecule has 1 aromatic heterocycles. The van der Waals surface area contributed by atoms with Crippen LogP contribution in [-0.2, 0) is 4.79 Å². The van der Waals surface area contributed by atoms with Crippen molar-refractivity contribution in [2.45, 2.75) is 45.3 Å². The molecule has 1 aliphatic rings. The van der Waals surface area contributed by atoms with Crippen LogP contribution in [-0.4, -0.2) is 34.1 Å². The predicted molar refractivity (Wildman–Crippen MR) is 73.5 cm³/mol. The average Bonchev–Trinajstić information content (AvgIpc) is 2.93. The molecule has 19 heavy (non-hydrogen) atoms. The molecule has 0 aromatic carbocycles. The third-order valence-corrected chi connectivity index (χ3v) is 3.50. The maximum atomic E-state index is 12.2. The summed E-state index contributed by atoms with van der Waals surface area (Å²) in [6.45, 7) is 6.07. The van der Waals surface area contributed by atoms with Crippen molar-refractivity contribution in [3.05, 3.63) is 29.7 Å². The van der Waals surface area contributed by atoms with Crippen molar-refractivity contribution in [2.75, 3.05) is 6.54 Å². The van der Waals surface area contributed by atoms with Crippen LogP contribution in [0.15, 0.2) is 22.6 Å². The Kier molecular flexibility index (Phi) is 3.80. The van der Waals surface area contributed by atoms with Gasteiger partial charge in [-0.1, -0.05) is 0 Å². The molecular weight excluding hydrogens is 242 g/mol. The van der Waals surface area contributed by atoms with Gasteiger partial charge in [0.15, 0.2) is 0 Å². The van der Waals surface area contributed by atoms with Gasteiger partial charge in [0.1, 0.15) is 11.5 Å². The Morgan fingerprint density at radius 2 is 2.26 bits per heavy atom. The molecule has 1 fully saturated rings. The van der Waals surface area contributed by atoms with Gasteiger partial charge < -0.3 is 14.4 Å². The lowest BCUT2D eigenvalue weighted by molar-refractivity contribution is -0.131. The normalized spacial score (nSPS) is 20.4. The van der Waals surface area contributed by atoms with E-state index in [0.29, 0.717) is 12.3 Å². The van der Waals surface area contributed by atoms with E-state index in [9.17, 15) is 9.90 Å². The number of carbonyl (C=O) groups excluding carboxylic acids is 1. The number of hydrogen-bond acceptors (Lipinski definition) is 3. The van der Waals surface area contributed by atoms with E-state index in [4.69, 9.17) is 4.42 Å². The number of nitrogens with zero attached hydrogens (tertiary/aromatic N) is 1. The van der Waals surface area contributed by atoms with Crippen LogP contribution in [0.25, 0.3) is 6.08 Å². The number of aryl methyl sites for hydroxylation is 1. The highest BCUT2D eigenvalue weighted by Crippen LogP contribution is 2.27. The van der Waals surface area contributed by atoms with Crippen molar-refractivity contribution in [1.29, 1.82) is 0 Å². The van der Waals surface area contributed by atoms with Gasteiger partial charge in [-0.3, -0.25) is 4.79 Å². The van der Waals surface area contributed by atoms with E-state index in [1.807, 2.05) is 19.1 Å². The SMILES string of the molecule is Cc1ccc(/C=C/C(=O)N2CCCC2C(C)(C)O)o1. The van der Waals surface area contributed by atoms with Gasteiger partial charge in [-0.25, -0.2) is 0 Å². The fourth-order valence-electron chi connectivity index (χ4n) is 2.56. The Morgan fingerprint density at radius 1 is 1.53 bits per heavy atom. The van der Waals surface area contributed by atoms with Crippen molar-refractivity contribution in [3.63, 3.8) is 0 Å². The first kappa shape index (κ1) is 13.9. The highest BCUT2D eigenvalue weighted by atomic mass is 16.3. The maximum Gasteiger partial charge on any atom is 0.247 e. The smallest absolute Gasteiger partial charge is 0.247 e. The Labute approximate surface area is 113 Å². The summed E-state index contributed by atoms with van der Waals surface area (Å²) in [5.41, 5.74) is -0.860. The van der Waals surface area contributed by atoms with Crippen molar-refractivity contribution in [1.82, 2.24) is 4.90 Å². The highest BCUT2D eigenvalue weighted by molar-refractivity contribution is 5.91. The van der Waals surface area contributed by atoms with Crippen molar-refractivity contribution in [2.24, 2.45) is 0 Å². The molecule has 0 saturated carbocycles. The first-order chi connectivity index (χ1) is 8.88. The summed E-state index contributed by atoms with van der Waals surface area (Å²) in [4.78, 5) is 13.9. The summed E-state index contributed by atoms with van der Waals surface area (Å²) in [5, 5.41) is 10.1. The Morgan fingerprint density at radius 3 is 2.84 bits per heavy atom. The second-order valence-electron chi connectivity index (χ2n) is 5.63. The lowest BCUT2D eigenvalue weighted by Crippen LogP contribution is -2.47. The second kappa shape index (κ2) is 5.21. The van der Waals surface area contributed by atoms with Crippen LogP contribution >= 0.6 is 0 Å². The highest BCUT2D eigenvalue weighted by Gasteiger charge is 2.37. The van der Waals surface area contributed by atoms with Gasteiger partial charge in [-0.05, 0) is 51.8 Å². The number of hydrogen-bond donors (Lipinski definition) is 1. The summed E-state index contributed by atoms with van der Waals surface area (Å²) in [7, 11) is 0. The lowest BCUT2D eigenvalue weighted by atomic mass is 9.96. The van der Waals surface area contributed by atoms with Crippen LogP contribution in [0, 0.1) is 6.92 Å². The number of aliphatic hydroxyl groups is 1. The fourth-order valence-corrected chi connectivity index (χ4v) is 2.56. The van der Waals surface area contributed by atoms with E-state index < -0.39 is 5.60 Å². The van der Waals surface area contributed by atoms with Crippen molar-refractivity contribution in [3.8, 4) is 0 Å². The predicted octanol–water partition coefficient (Wildman–Crippen LogP) is 2.36. The Balaban J connectivity index is 2.05. The van der Waals surface area contributed by atoms with E-state index >= 15 is 0 Å². The first-order valence-corrected chi connectivity index (χ1v) is 6.65. The van der Waals surface area contributed by atoms with Gasteiger partial charge in [-0.2, -0.15) is 0 Å². The van der Waals surface area contributed by atoms with Crippen LogP contribution in [0.3, 0.4) is 0 Å². The minimum Gasteiger partial charge on any atom is -0.462 e. The van der Waals surface area contributed by atoms with Gasteiger partial charge in [0.05, 0.1) is 11.6 Å². The van der Waals surface area contributed by atoms with E-state index in [-0.39, 0.29) is 11.9 Å². The Hall–Kier alpha value is -1.55. The van der Waals surface area contributed by atoms with Gasteiger partial charge in [-0.15, -0.1) is 0 Å².